The largest absolute Gasteiger partial charge is 0.481 e. The summed E-state index contributed by atoms with van der Waals surface area (Å²) in [5, 5.41) is 22.3. The molecule has 3 unspecified atom stereocenters. The van der Waals surface area contributed by atoms with Crippen LogP contribution in [0.5, 0.6) is 0 Å². The van der Waals surface area contributed by atoms with Gasteiger partial charge < -0.3 is 32.3 Å². The Hall–Kier alpha value is -2.34. The standard InChI is InChI=1S/C14H24N4O7S/c1-26-5-4-8(17-12(22)7(15)6-10(16)19)13(23)18-9(14(24)25)2-3-11(20)21/h7-9H,2-6,15H2,1H3,(H2,16,19)(H,17,22)(H,18,23)(H,20,21)(H,24,25). The van der Waals surface area contributed by atoms with Crippen molar-refractivity contribution >= 4 is 41.4 Å². The van der Waals surface area contributed by atoms with Crippen LogP contribution in [0.4, 0.5) is 0 Å². The number of carbonyl (C=O) groups is 5. The molecule has 3 amide bonds. The van der Waals surface area contributed by atoms with Gasteiger partial charge in [0.15, 0.2) is 0 Å². The smallest absolute Gasteiger partial charge is 0.326 e. The van der Waals surface area contributed by atoms with E-state index in [1.54, 1.807) is 6.26 Å². The van der Waals surface area contributed by atoms with E-state index < -0.39 is 60.6 Å². The average molecular weight is 392 g/mol. The summed E-state index contributed by atoms with van der Waals surface area (Å²) in [7, 11) is 0. The third kappa shape index (κ3) is 9.84. The van der Waals surface area contributed by atoms with Crippen molar-refractivity contribution in [3.8, 4) is 0 Å². The maximum absolute atomic E-state index is 12.3. The first kappa shape index (κ1) is 23.7. The van der Waals surface area contributed by atoms with Crippen LogP contribution in [0.25, 0.3) is 0 Å². The molecule has 0 fully saturated rings. The fourth-order valence-corrected chi connectivity index (χ4v) is 2.36. The van der Waals surface area contributed by atoms with E-state index in [0.29, 0.717) is 5.75 Å². The number of carboxylic acid groups (broad SMARTS) is 2. The predicted molar refractivity (Wildman–Crippen MR) is 93.2 cm³/mol. The predicted octanol–water partition coefficient (Wildman–Crippen LogP) is -2.14. The van der Waals surface area contributed by atoms with Gasteiger partial charge in [-0.2, -0.15) is 11.8 Å². The number of rotatable bonds is 13. The summed E-state index contributed by atoms with van der Waals surface area (Å²) < 4.78 is 0. The van der Waals surface area contributed by atoms with Crippen molar-refractivity contribution in [1.82, 2.24) is 10.6 Å². The average Bonchev–Trinajstić information content (AvgIpc) is 2.53. The Labute approximate surface area is 154 Å². The van der Waals surface area contributed by atoms with Gasteiger partial charge in [-0.15, -0.1) is 0 Å². The molecule has 0 saturated carbocycles. The second-order valence-electron chi connectivity index (χ2n) is 5.45. The molecule has 0 saturated heterocycles. The fraction of sp³-hybridized carbons (Fsp3) is 0.643. The van der Waals surface area contributed by atoms with Gasteiger partial charge in [-0.25, -0.2) is 4.79 Å². The van der Waals surface area contributed by atoms with Gasteiger partial charge in [0.1, 0.15) is 12.1 Å². The minimum Gasteiger partial charge on any atom is -0.481 e. The highest BCUT2D eigenvalue weighted by atomic mass is 32.2. The quantitative estimate of drug-likeness (QED) is 0.202. The fourth-order valence-electron chi connectivity index (χ4n) is 1.89. The lowest BCUT2D eigenvalue weighted by atomic mass is 10.1. The number of carboxylic acids is 2. The molecule has 26 heavy (non-hydrogen) atoms. The molecule has 0 aliphatic heterocycles. The van der Waals surface area contributed by atoms with Gasteiger partial charge in [0.05, 0.1) is 12.5 Å². The van der Waals surface area contributed by atoms with Gasteiger partial charge in [0.25, 0.3) is 0 Å². The van der Waals surface area contributed by atoms with Gasteiger partial charge >= 0.3 is 11.9 Å². The summed E-state index contributed by atoms with van der Waals surface area (Å²) in [4.78, 5) is 56.8. The highest BCUT2D eigenvalue weighted by Gasteiger charge is 2.28. The first-order valence-corrected chi connectivity index (χ1v) is 9.06. The van der Waals surface area contributed by atoms with Crippen molar-refractivity contribution in [2.24, 2.45) is 11.5 Å². The van der Waals surface area contributed by atoms with Crippen LogP contribution in [0, 0.1) is 0 Å². The number of thioether (sulfide) groups is 1. The Bertz CT molecular complexity index is 543. The lowest BCUT2D eigenvalue weighted by molar-refractivity contribution is -0.143. The number of carbonyl (C=O) groups excluding carboxylic acids is 3. The van der Waals surface area contributed by atoms with E-state index in [4.69, 9.17) is 21.7 Å². The number of aliphatic carboxylic acids is 2. The van der Waals surface area contributed by atoms with Crippen molar-refractivity contribution < 1.29 is 34.2 Å². The summed E-state index contributed by atoms with van der Waals surface area (Å²) in [6.07, 6.45) is 0.818. The van der Waals surface area contributed by atoms with Crippen LogP contribution in [-0.4, -0.2) is 70.0 Å². The van der Waals surface area contributed by atoms with Crippen molar-refractivity contribution in [3.05, 3.63) is 0 Å². The number of hydrogen-bond acceptors (Lipinski definition) is 7. The Morgan fingerprint density at radius 2 is 1.58 bits per heavy atom. The summed E-state index contributed by atoms with van der Waals surface area (Å²) in [5.74, 6) is -4.44. The zero-order valence-electron chi connectivity index (χ0n) is 14.3. The molecule has 3 atom stereocenters. The molecule has 0 aliphatic carbocycles. The highest BCUT2D eigenvalue weighted by Crippen LogP contribution is 2.05. The van der Waals surface area contributed by atoms with Crippen molar-refractivity contribution in [2.75, 3.05) is 12.0 Å². The van der Waals surface area contributed by atoms with Crippen LogP contribution in [0.3, 0.4) is 0 Å². The van der Waals surface area contributed by atoms with E-state index in [1.165, 1.54) is 11.8 Å². The highest BCUT2D eigenvalue weighted by molar-refractivity contribution is 7.98. The van der Waals surface area contributed by atoms with E-state index in [2.05, 4.69) is 10.6 Å². The lowest BCUT2D eigenvalue weighted by Crippen LogP contribution is -2.55. The van der Waals surface area contributed by atoms with Crippen molar-refractivity contribution in [1.29, 1.82) is 0 Å². The topological polar surface area (TPSA) is 202 Å². The third-order valence-corrected chi connectivity index (χ3v) is 3.91. The molecule has 0 radical (unpaired) electrons. The Morgan fingerprint density at radius 1 is 1.00 bits per heavy atom. The van der Waals surface area contributed by atoms with Crippen LogP contribution in [0.15, 0.2) is 0 Å². The van der Waals surface area contributed by atoms with Gasteiger partial charge in [-0.05, 0) is 24.9 Å². The second-order valence-corrected chi connectivity index (χ2v) is 6.44. The van der Waals surface area contributed by atoms with Crippen LogP contribution < -0.4 is 22.1 Å². The van der Waals surface area contributed by atoms with Gasteiger partial charge in [0.2, 0.25) is 17.7 Å². The van der Waals surface area contributed by atoms with Crippen LogP contribution >= 0.6 is 11.8 Å². The SMILES string of the molecule is CSCCC(NC(=O)C(N)CC(N)=O)C(=O)NC(CCC(=O)O)C(=O)O. The summed E-state index contributed by atoms with van der Waals surface area (Å²) >= 11 is 1.40. The van der Waals surface area contributed by atoms with Crippen LogP contribution in [-0.2, 0) is 24.0 Å². The molecule has 0 aliphatic rings. The molecule has 0 aromatic rings. The Kier molecular flexibility index (Phi) is 11.0. The molecule has 0 aromatic heterocycles. The summed E-state index contributed by atoms with van der Waals surface area (Å²) in [6.45, 7) is 0. The van der Waals surface area contributed by atoms with E-state index in [1.807, 2.05) is 0 Å². The van der Waals surface area contributed by atoms with Gasteiger partial charge in [-0.1, -0.05) is 0 Å². The lowest BCUT2D eigenvalue weighted by Gasteiger charge is -2.22. The van der Waals surface area contributed by atoms with Gasteiger partial charge in [-0.3, -0.25) is 19.2 Å². The normalized spacial score (nSPS) is 13.9. The van der Waals surface area contributed by atoms with Crippen molar-refractivity contribution in [2.45, 2.75) is 43.8 Å². The number of nitrogens with one attached hydrogen (secondary N) is 2. The summed E-state index contributed by atoms with van der Waals surface area (Å²) in [6, 6.07) is -3.73. The molecule has 8 N–H and O–H groups in total. The van der Waals surface area contributed by atoms with E-state index in [0.717, 1.165) is 0 Å². The second kappa shape index (κ2) is 12.1. The number of primary amides is 1. The van der Waals surface area contributed by atoms with E-state index in [9.17, 15) is 24.0 Å². The van der Waals surface area contributed by atoms with E-state index in [-0.39, 0.29) is 12.8 Å². The zero-order chi connectivity index (χ0) is 20.3. The molecule has 0 aromatic carbocycles. The number of amides is 3. The molecule has 12 heteroatoms. The first-order valence-electron chi connectivity index (χ1n) is 7.66. The number of nitrogens with two attached hydrogens (primary N) is 2. The molecule has 0 heterocycles. The first-order chi connectivity index (χ1) is 12.1. The zero-order valence-corrected chi connectivity index (χ0v) is 15.1. The monoisotopic (exact) mass is 392 g/mol. The van der Waals surface area contributed by atoms with Gasteiger partial charge in [0, 0.05) is 6.42 Å². The van der Waals surface area contributed by atoms with Crippen molar-refractivity contribution in [3.63, 3.8) is 0 Å². The Morgan fingerprint density at radius 3 is 2.04 bits per heavy atom. The van der Waals surface area contributed by atoms with Crippen LogP contribution in [0.2, 0.25) is 0 Å². The molecule has 0 spiro atoms. The molecular weight excluding hydrogens is 368 g/mol. The van der Waals surface area contributed by atoms with E-state index >= 15 is 0 Å². The number of hydrogen-bond donors (Lipinski definition) is 6. The van der Waals surface area contributed by atoms with Crippen LogP contribution in [0.1, 0.15) is 25.7 Å². The maximum atomic E-state index is 12.3. The Balaban J connectivity index is 4.99. The summed E-state index contributed by atoms with van der Waals surface area (Å²) in [5.41, 5.74) is 10.5. The molecular formula is C14H24N4O7S. The minimum atomic E-state index is -1.41. The maximum Gasteiger partial charge on any atom is 0.326 e. The molecule has 0 bridgehead atoms. The minimum absolute atomic E-state index is 0.188. The molecule has 11 nitrogen and oxygen atoms in total. The molecule has 148 valence electrons. The molecule has 0 rings (SSSR count). The third-order valence-electron chi connectivity index (χ3n) is 3.26.